The van der Waals surface area contributed by atoms with Crippen molar-refractivity contribution in [3.8, 4) is 5.75 Å². The molecule has 0 aliphatic heterocycles. The number of nitrogens with zero attached hydrogens (tertiary/aromatic N) is 1. The Morgan fingerprint density at radius 2 is 1.73 bits per heavy atom. The van der Waals surface area contributed by atoms with Crippen LogP contribution in [-0.2, 0) is 16.0 Å². The van der Waals surface area contributed by atoms with Crippen LogP contribution >= 0.6 is 11.6 Å². The Hall–Kier alpha value is -2.53. The number of amides is 2. The Bertz CT molecular complexity index is 811. The molecule has 2 rings (SSSR count). The van der Waals surface area contributed by atoms with Crippen LogP contribution < -0.4 is 10.1 Å². The van der Waals surface area contributed by atoms with Gasteiger partial charge in [-0.25, -0.2) is 0 Å². The summed E-state index contributed by atoms with van der Waals surface area (Å²) in [6, 6.07) is 16.4. The lowest BCUT2D eigenvalue weighted by Crippen LogP contribution is -2.51. The van der Waals surface area contributed by atoms with Crippen molar-refractivity contribution in [3.63, 3.8) is 0 Å². The van der Waals surface area contributed by atoms with Crippen LogP contribution in [0.1, 0.15) is 32.8 Å². The summed E-state index contributed by atoms with van der Waals surface area (Å²) in [5.41, 5.74) is 1.11. The van der Waals surface area contributed by atoms with Crippen molar-refractivity contribution in [2.24, 2.45) is 5.92 Å². The number of carbonyl (C=O) groups is 2. The highest BCUT2D eigenvalue weighted by molar-refractivity contribution is 6.32. The van der Waals surface area contributed by atoms with E-state index in [0.29, 0.717) is 42.6 Å². The van der Waals surface area contributed by atoms with Crippen LogP contribution in [-0.4, -0.2) is 42.5 Å². The first kappa shape index (κ1) is 23.7. The van der Waals surface area contributed by atoms with Crippen molar-refractivity contribution in [1.29, 1.82) is 0 Å². The molecule has 6 heteroatoms. The zero-order valence-electron chi connectivity index (χ0n) is 17.9. The van der Waals surface area contributed by atoms with Crippen molar-refractivity contribution in [1.82, 2.24) is 10.2 Å². The third-order valence-electron chi connectivity index (χ3n) is 4.74. The summed E-state index contributed by atoms with van der Waals surface area (Å²) >= 11 is 6.13. The van der Waals surface area contributed by atoms with Gasteiger partial charge in [0, 0.05) is 13.1 Å². The van der Waals surface area contributed by atoms with Gasteiger partial charge >= 0.3 is 0 Å². The molecule has 5 nitrogen and oxygen atoms in total. The van der Waals surface area contributed by atoms with E-state index in [2.05, 4.69) is 5.32 Å². The first-order chi connectivity index (χ1) is 14.4. The predicted molar refractivity (Wildman–Crippen MR) is 121 cm³/mol. The third-order valence-corrected chi connectivity index (χ3v) is 5.05. The Balaban J connectivity index is 2.12. The molecular weight excluding hydrogens is 400 g/mol. The Labute approximate surface area is 184 Å². The van der Waals surface area contributed by atoms with Crippen molar-refractivity contribution in [3.05, 3.63) is 65.2 Å². The number of hydrogen-bond acceptors (Lipinski definition) is 3. The summed E-state index contributed by atoms with van der Waals surface area (Å²) in [5, 5.41) is 3.40. The summed E-state index contributed by atoms with van der Waals surface area (Å²) in [5.74, 6) is 0.416. The van der Waals surface area contributed by atoms with E-state index in [9.17, 15) is 9.59 Å². The van der Waals surface area contributed by atoms with Crippen LogP contribution in [0.5, 0.6) is 5.75 Å². The molecule has 0 aromatic heterocycles. The molecule has 30 heavy (non-hydrogen) atoms. The molecule has 162 valence electrons. The maximum Gasteiger partial charge on any atom is 0.261 e. The molecule has 0 heterocycles. The van der Waals surface area contributed by atoms with Gasteiger partial charge in [-0.05, 0) is 36.5 Å². The van der Waals surface area contributed by atoms with Crippen LogP contribution in [0.4, 0.5) is 0 Å². The number of carbonyl (C=O) groups excluding carboxylic acids is 2. The predicted octanol–water partition coefficient (Wildman–Crippen LogP) is 4.34. The lowest BCUT2D eigenvalue weighted by molar-refractivity contribution is -0.142. The second-order valence-electron chi connectivity index (χ2n) is 7.60. The highest BCUT2D eigenvalue weighted by Gasteiger charge is 2.28. The minimum Gasteiger partial charge on any atom is -0.482 e. The molecule has 1 atom stereocenters. The third kappa shape index (κ3) is 7.38. The molecule has 0 saturated heterocycles. The second kappa shape index (κ2) is 12.2. The average molecular weight is 431 g/mol. The summed E-state index contributed by atoms with van der Waals surface area (Å²) in [4.78, 5) is 27.5. The highest BCUT2D eigenvalue weighted by atomic mass is 35.5. The van der Waals surface area contributed by atoms with Gasteiger partial charge in [-0.3, -0.25) is 9.59 Å². The molecule has 2 aromatic carbocycles. The topological polar surface area (TPSA) is 58.6 Å². The zero-order chi connectivity index (χ0) is 21.9. The van der Waals surface area contributed by atoms with E-state index < -0.39 is 6.04 Å². The molecular formula is C24H31ClN2O3. The Morgan fingerprint density at radius 3 is 2.37 bits per heavy atom. The zero-order valence-corrected chi connectivity index (χ0v) is 18.7. The molecule has 0 spiro atoms. The van der Waals surface area contributed by atoms with E-state index in [4.69, 9.17) is 16.3 Å². The van der Waals surface area contributed by atoms with E-state index >= 15 is 0 Å². The SMILES string of the molecule is CC[C@@H](C(=O)NCC(C)C)N(CCc1ccccc1)C(=O)COc1ccccc1Cl. The van der Waals surface area contributed by atoms with Crippen molar-refractivity contribution in [2.45, 2.75) is 39.7 Å². The molecule has 2 aromatic rings. The van der Waals surface area contributed by atoms with E-state index in [1.54, 1.807) is 29.2 Å². The lowest BCUT2D eigenvalue weighted by Gasteiger charge is -2.30. The lowest BCUT2D eigenvalue weighted by atomic mass is 10.1. The molecule has 0 bridgehead atoms. The van der Waals surface area contributed by atoms with Crippen molar-refractivity contribution < 1.29 is 14.3 Å². The van der Waals surface area contributed by atoms with Crippen molar-refractivity contribution in [2.75, 3.05) is 19.7 Å². The molecule has 0 aliphatic rings. The normalized spacial score (nSPS) is 11.8. The molecule has 0 aliphatic carbocycles. The monoisotopic (exact) mass is 430 g/mol. The van der Waals surface area contributed by atoms with Crippen LogP contribution in [0.25, 0.3) is 0 Å². The number of ether oxygens (including phenoxy) is 1. The fourth-order valence-corrected chi connectivity index (χ4v) is 3.29. The van der Waals surface area contributed by atoms with E-state index in [0.717, 1.165) is 5.56 Å². The number of rotatable bonds is 11. The first-order valence-electron chi connectivity index (χ1n) is 10.4. The van der Waals surface area contributed by atoms with Gasteiger partial charge < -0.3 is 15.0 Å². The average Bonchev–Trinajstić information content (AvgIpc) is 2.75. The molecule has 0 radical (unpaired) electrons. The van der Waals surface area contributed by atoms with Gasteiger partial charge in [0.2, 0.25) is 5.91 Å². The van der Waals surface area contributed by atoms with Gasteiger partial charge in [0.25, 0.3) is 5.91 Å². The van der Waals surface area contributed by atoms with Gasteiger partial charge in [-0.15, -0.1) is 0 Å². The minimum absolute atomic E-state index is 0.134. The van der Waals surface area contributed by atoms with Gasteiger partial charge in [0.05, 0.1) is 5.02 Å². The molecule has 0 unspecified atom stereocenters. The molecule has 0 saturated carbocycles. The fraction of sp³-hybridized carbons (Fsp3) is 0.417. The van der Waals surface area contributed by atoms with Crippen LogP contribution in [0.3, 0.4) is 0 Å². The highest BCUT2D eigenvalue weighted by Crippen LogP contribution is 2.23. The summed E-state index contributed by atoms with van der Waals surface area (Å²) in [6.07, 6.45) is 1.18. The quantitative estimate of drug-likeness (QED) is 0.576. The van der Waals surface area contributed by atoms with Gasteiger partial charge in [-0.2, -0.15) is 0 Å². The molecule has 2 amide bonds. The maximum absolute atomic E-state index is 13.1. The number of hydrogen-bond donors (Lipinski definition) is 1. The maximum atomic E-state index is 13.1. The van der Waals surface area contributed by atoms with Crippen LogP contribution in [0.15, 0.2) is 54.6 Å². The second-order valence-corrected chi connectivity index (χ2v) is 8.01. The largest absolute Gasteiger partial charge is 0.482 e. The van der Waals surface area contributed by atoms with Gasteiger partial charge in [0.1, 0.15) is 11.8 Å². The first-order valence-corrected chi connectivity index (χ1v) is 10.8. The summed E-state index contributed by atoms with van der Waals surface area (Å²) < 4.78 is 5.65. The smallest absolute Gasteiger partial charge is 0.261 e. The Morgan fingerprint density at radius 1 is 1.07 bits per heavy atom. The number of halogens is 1. The van der Waals surface area contributed by atoms with Gasteiger partial charge in [0.15, 0.2) is 6.61 Å². The fourth-order valence-electron chi connectivity index (χ4n) is 3.10. The van der Waals surface area contributed by atoms with Crippen molar-refractivity contribution >= 4 is 23.4 Å². The molecule has 1 N–H and O–H groups in total. The molecule has 0 fully saturated rings. The number of nitrogens with one attached hydrogen (secondary N) is 1. The van der Waals surface area contributed by atoms with Crippen LogP contribution in [0.2, 0.25) is 5.02 Å². The summed E-state index contributed by atoms with van der Waals surface area (Å²) in [6.45, 7) is 6.83. The van der Waals surface area contributed by atoms with Gasteiger partial charge in [-0.1, -0.05) is 74.8 Å². The van der Waals surface area contributed by atoms with E-state index in [1.165, 1.54) is 0 Å². The standard InChI is InChI=1S/C24H31ClN2O3/c1-4-21(24(29)26-16-18(2)3)27(15-14-19-10-6-5-7-11-19)23(28)17-30-22-13-9-8-12-20(22)25/h5-13,18,21H,4,14-17H2,1-3H3,(H,26,29)/t21-/m0/s1. The minimum atomic E-state index is -0.546. The summed E-state index contributed by atoms with van der Waals surface area (Å²) in [7, 11) is 0. The van der Waals surface area contributed by atoms with E-state index in [-0.39, 0.29) is 18.4 Å². The number of para-hydroxylation sites is 1. The van der Waals surface area contributed by atoms with Crippen LogP contribution in [0, 0.1) is 5.92 Å². The number of benzene rings is 2. The Kier molecular flexibility index (Phi) is 9.68. The van der Waals surface area contributed by atoms with E-state index in [1.807, 2.05) is 51.1 Å².